The summed E-state index contributed by atoms with van der Waals surface area (Å²) in [6, 6.07) is 6.05. The van der Waals surface area contributed by atoms with E-state index in [1.165, 1.54) is 11.0 Å². The summed E-state index contributed by atoms with van der Waals surface area (Å²) in [5, 5.41) is 2.33. The third-order valence-corrected chi connectivity index (χ3v) is 3.50. The lowest BCUT2D eigenvalue weighted by Gasteiger charge is -2.11. The molecule has 0 saturated heterocycles. The molecule has 8 heteroatoms. The standard InChI is InChI=1S/C14H17FN2O4S/c1-17(2)13(19)7-16-12(18)8-21-14(20)9-22-11-6-4-3-5-10(11)15/h3-6H,7-9H2,1-2H3,(H,16,18). The van der Waals surface area contributed by atoms with E-state index < -0.39 is 24.3 Å². The number of ether oxygens (including phenoxy) is 1. The van der Waals surface area contributed by atoms with Crippen LogP contribution >= 0.6 is 11.8 Å². The van der Waals surface area contributed by atoms with Crippen LogP contribution in [0.25, 0.3) is 0 Å². The van der Waals surface area contributed by atoms with Gasteiger partial charge in [0, 0.05) is 19.0 Å². The fourth-order valence-electron chi connectivity index (χ4n) is 1.27. The van der Waals surface area contributed by atoms with Gasteiger partial charge in [0.25, 0.3) is 5.91 Å². The Morgan fingerprint density at radius 2 is 1.95 bits per heavy atom. The number of rotatable bonds is 7. The van der Waals surface area contributed by atoms with Crippen LogP contribution in [-0.4, -0.2) is 55.7 Å². The van der Waals surface area contributed by atoms with Crippen LogP contribution in [0.4, 0.5) is 4.39 Å². The number of amides is 2. The van der Waals surface area contributed by atoms with Crippen LogP contribution < -0.4 is 5.32 Å². The number of carbonyl (C=O) groups is 3. The van der Waals surface area contributed by atoms with Crippen LogP contribution in [0.3, 0.4) is 0 Å². The Hall–Kier alpha value is -2.09. The van der Waals surface area contributed by atoms with Crippen molar-refractivity contribution in [1.29, 1.82) is 0 Å². The van der Waals surface area contributed by atoms with Crippen LogP contribution in [0, 0.1) is 5.82 Å². The van der Waals surface area contributed by atoms with Gasteiger partial charge >= 0.3 is 5.97 Å². The normalized spacial score (nSPS) is 9.95. The predicted octanol–water partition coefficient (Wildman–Crippen LogP) is 0.665. The van der Waals surface area contributed by atoms with Gasteiger partial charge in [0.1, 0.15) is 5.82 Å². The molecule has 0 bridgehead atoms. The van der Waals surface area contributed by atoms with Crippen LogP contribution in [0.15, 0.2) is 29.2 Å². The van der Waals surface area contributed by atoms with Crippen molar-refractivity contribution in [3.8, 4) is 0 Å². The van der Waals surface area contributed by atoms with Crippen molar-refractivity contribution in [3.05, 3.63) is 30.1 Å². The van der Waals surface area contributed by atoms with Crippen LogP contribution in [-0.2, 0) is 19.1 Å². The first kappa shape index (κ1) is 18.0. The number of thioether (sulfide) groups is 1. The minimum Gasteiger partial charge on any atom is -0.455 e. The van der Waals surface area contributed by atoms with Crippen LogP contribution in [0.5, 0.6) is 0 Å². The molecular formula is C14H17FN2O4S. The van der Waals surface area contributed by atoms with Gasteiger partial charge in [-0.3, -0.25) is 14.4 Å². The largest absolute Gasteiger partial charge is 0.455 e. The monoisotopic (exact) mass is 328 g/mol. The first-order valence-corrected chi connectivity index (χ1v) is 7.38. The molecule has 0 fully saturated rings. The second-order valence-electron chi connectivity index (χ2n) is 4.44. The van der Waals surface area contributed by atoms with E-state index in [9.17, 15) is 18.8 Å². The lowest BCUT2D eigenvalue weighted by Crippen LogP contribution is -2.38. The first-order valence-electron chi connectivity index (χ1n) is 6.40. The van der Waals surface area contributed by atoms with Crippen LogP contribution in [0.1, 0.15) is 0 Å². The molecule has 1 N–H and O–H groups in total. The molecule has 6 nitrogen and oxygen atoms in total. The molecule has 0 aromatic heterocycles. The molecule has 0 heterocycles. The third kappa shape index (κ3) is 6.57. The van der Waals surface area contributed by atoms with E-state index in [2.05, 4.69) is 5.32 Å². The van der Waals surface area contributed by atoms with Crippen molar-refractivity contribution in [2.75, 3.05) is 33.0 Å². The van der Waals surface area contributed by atoms with Gasteiger partial charge in [-0.2, -0.15) is 0 Å². The van der Waals surface area contributed by atoms with E-state index in [1.54, 1.807) is 32.3 Å². The summed E-state index contributed by atoms with van der Waals surface area (Å²) < 4.78 is 18.1. The number of halogens is 1. The predicted molar refractivity (Wildman–Crippen MR) is 79.8 cm³/mol. The average Bonchev–Trinajstić information content (AvgIpc) is 2.49. The molecule has 2 amide bonds. The van der Waals surface area contributed by atoms with E-state index in [4.69, 9.17) is 4.74 Å². The van der Waals surface area contributed by atoms with Crippen molar-refractivity contribution in [1.82, 2.24) is 10.2 Å². The highest BCUT2D eigenvalue weighted by Gasteiger charge is 2.11. The lowest BCUT2D eigenvalue weighted by atomic mass is 10.3. The number of nitrogens with zero attached hydrogens (tertiary/aromatic N) is 1. The van der Waals surface area contributed by atoms with Gasteiger partial charge in [-0.15, -0.1) is 11.8 Å². The van der Waals surface area contributed by atoms with Gasteiger partial charge in [0.05, 0.1) is 12.3 Å². The average molecular weight is 328 g/mol. The number of hydrogen-bond donors (Lipinski definition) is 1. The van der Waals surface area contributed by atoms with E-state index in [1.807, 2.05) is 0 Å². The zero-order chi connectivity index (χ0) is 16.5. The van der Waals surface area contributed by atoms with Gasteiger partial charge < -0.3 is 15.0 Å². The molecule has 22 heavy (non-hydrogen) atoms. The summed E-state index contributed by atoms with van der Waals surface area (Å²) in [6.45, 7) is -0.634. The summed E-state index contributed by atoms with van der Waals surface area (Å²) in [6.07, 6.45) is 0. The number of likely N-dealkylation sites (N-methyl/N-ethyl adjacent to an activating group) is 1. The van der Waals surface area contributed by atoms with Crippen molar-refractivity contribution >= 4 is 29.5 Å². The quantitative estimate of drug-likeness (QED) is 0.588. The van der Waals surface area contributed by atoms with Crippen molar-refractivity contribution in [3.63, 3.8) is 0 Å². The Morgan fingerprint density at radius 1 is 1.27 bits per heavy atom. The molecule has 120 valence electrons. The van der Waals surface area contributed by atoms with Crippen molar-refractivity contribution in [2.24, 2.45) is 0 Å². The molecule has 0 aliphatic carbocycles. The molecule has 0 aliphatic heterocycles. The Bertz CT molecular complexity index is 551. The van der Waals surface area contributed by atoms with Gasteiger partial charge in [0.15, 0.2) is 6.61 Å². The molecular weight excluding hydrogens is 311 g/mol. The van der Waals surface area contributed by atoms with Crippen LogP contribution in [0.2, 0.25) is 0 Å². The van der Waals surface area contributed by atoms with Gasteiger partial charge in [0.2, 0.25) is 5.91 Å². The summed E-state index contributed by atoms with van der Waals surface area (Å²) in [4.78, 5) is 35.7. The molecule has 0 radical (unpaired) electrons. The molecule has 0 aliphatic rings. The number of hydrogen-bond acceptors (Lipinski definition) is 5. The highest BCUT2D eigenvalue weighted by Crippen LogP contribution is 2.20. The summed E-state index contributed by atoms with van der Waals surface area (Å²) in [5.41, 5.74) is 0. The van der Waals surface area contributed by atoms with Crippen molar-refractivity contribution in [2.45, 2.75) is 4.90 Å². The van der Waals surface area contributed by atoms with Gasteiger partial charge in [-0.25, -0.2) is 4.39 Å². The van der Waals surface area contributed by atoms with Gasteiger partial charge in [-0.05, 0) is 12.1 Å². The van der Waals surface area contributed by atoms with Crippen molar-refractivity contribution < 1.29 is 23.5 Å². The lowest BCUT2D eigenvalue weighted by molar-refractivity contribution is -0.146. The zero-order valence-corrected chi connectivity index (χ0v) is 13.1. The molecule has 1 aromatic carbocycles. The maximum absolute atomic E-state index is 13.3. The Kier molecular flexibility index (Phi) is 7.38. The molecule has 1 aromatic rings. The number of carbonyl (C=O) groups excluding carboxylic acids is 3. The highest BCUT2D eigenvalue weighted by molar-refractivity contribution is 8.00. The summed E-state index contributed by atoms with van der Waals surface area (Å²) >= 11 is 0.987. The molecule has 0 atom stereocenters. The van der Waals surface area contributed by atoms with E-state index in [0.717, 1.165) is 11.8 Å². The number of esters is 1. The minimum atomic E-state index is -0.637. The molecule has 0 saturated carbocycles. The van der Waals surface area contributed by atoms with E-state index in [0.29, 0.717) is 4.90 Å². The Balaban J connectivity index is 2.24. The fourth-order valence-corrected chi connectivity index (χ4v) is 2.01. The smallest absolute Gasteiger partial charge is 0.316 e. The van der Waals surface area contributed by atoms with E-state index >= 15 is 0 Å². The Morgan fingerprint density at radius 3 is 2.59 bits per heavy atom. The second-order valence-corrected chi connectivity index (χ2v) is 5.46. The SMILES string of the molecule is CN(C)C(=O)CNC(=O)COC(=O)CSc1ccccc1F. The third-order valence-electron chi connectivity index (χ3n) is 2.48. The number of nitrogens with one attached hydrogen (secondary N) is 1. The van der Waals surface area contributed by atoms with Gasteiger partial charge in [-0.1, -0.05) is 12.1 Å². The second kappa shape index (κ2) is 9.04. The topological polar surface area (TPSA) is 75.7 Å². The maximum Gasteiger partial charge on any atom is 0.316 e. The minimum absolute atomic E-state index is 0.106. The summed E-state index contributed by atoms with van der Waals surface area (Å²) in [7, 11) is 3.13. The fraction of sp³-hybridized carbons (Fsp3) is 0.357. The molecule has 1 rings (SSSR count). The molecule has 0 unspecified atom stereocenters. The summed E-state index contributed by atoms with van der Waals surface area (Å²) in [5.74, 6) is -2.00. The zero-order valence-electron chi connectivity index (χ0n) is 12.3. The Labute approximate surface area is 132 Å². The van der Waals surface area contributed by atoms with E-state index in [-0.39, 0.29) is 18.2 Å². The molecule has 0 spiro atoms. The number of benzene rings is 1. The first-order chi connectivity index (χ1) is 10.4. The maximum atomic E-state index is 13.3. The highest BCUT2D eigenvalue weighted by atomic mass is 32.2.